The molecular formula is C15H16N4O3S. The molecule has 3 heterocycles. The molecular weight excluding hydrogens is 316 g/mol. The zero-order valence-electron chi connectivity index (χ0n) is 12.7. The minimum absolute atomic E-state index is 0.249. The molecule has 3 aromatic heterocycles. The molecule has 120 valence electrons. The number of carbonyl (C=O) groups is 1. The van der Waals surface area contributed by atoms with E-state index in [4.69, 9.17) is 8.94 Å². The molecule has 0 aliphatic heterocycles. The van der Waals surface area contributed by atoms with Crippen molar-refractivity contribution in [1.29, 1.82) is 0 Å². The highest BCUT2D eigenvalue weighted by atomic mass is 32.1. The standard InChI is InChI=1S/C15H16N4O3S/c1-9(16-2)8-12-17-14(22-19-12)10-5-7-23-15(10)18-13(20)11-4-3-6-21-11/h3-7,9,16H,8H2,1-2H3,(H,18,20). The van der Waals surface area contributed by atoms with E-state index in [0.717, 1.165) is 0 Å². The van der Waals surface area contributed by atoms with Crippen LogP contribution in [0.3, 0.4) is 0 Å². The van der Waals surface area contributed by atoms with Gasteiger partial charge in [0.15, 0.2) is 11.6 Å². The first-order chi connectivity index (χ1) is 11.2. The van der Waals surface area contributed by atoms with Gasteiger partial charge in [0.1, 0.15) is 5.00 Å². The highest BCUT2D eigenvalue weighted by molar-refractivity contribution is 7.15. The highest BCUT2D eigenvalue weighted by Crippen LogP contribution is 2.32. The summed E-state index contributed by atoms with van der Waals surface area (Å²) in [5.41, 5.74) is 0.700. The van der Waals surface area contributed by atoms with Gasteiger partial charge in [-0.15, -0.1) is 11.3 Å². The van der Waals surface area contributed by atoms with Crippen molar-refractivity contribution in [3.05, 3.63) is 41.4 Å². The fourth-order valence-electron chi connectivity index (χ4n) is 1.97. The molecule has 8 heteroatoms. The van der Waals surface area contributed by atoms with E-state index in [1.807, 2.05) is 25.4 Å². The average Bonchev–Trinajstić information content (AvgIpc) is 3.28. The third-order valence-electron chi connectivity index (χ3n) is 3.32. The fourth-order valence-corrected chi connectivity index (χ4v) is 2.74. The summed E-state index contributed by atoms with van der Waals surface area (Å²) in [5.74, 6) is 0.941. The van der Waals surface area contributed by atoms with Crippen LogP contribution in [0.5, 0.6) is 0 Å². The fraction of sp³-hybridized carbons (Fsp3) is 0.267. The van der Waals surface area contributed by atoms with E-state index in [2.05, 4.69) is 20.8 Å². The summed E-state index contributed by atoms with van der Waals surface area (Å²) in [6.45, 7) is 2.04. The van der Waals surface area contributed by atoms with E-state index < -0.39 is 0 Å². The van der Waals surface area contributed by atoms with Crippen LogP contribution >= 0.6 is 11.3 Å². The molecule has 7 nitrogen and oxygen atoms in total. The van der Waals surface area contributed by atoms with Gasteiger partial charge in [-0.25, -0.2) is 0 Å². The third kappa shape index (κ3) is 3.49. The molecule has 0 spiro atoms. The summed E-state index contributed by atoms with van der Waals surface area (Å²) in [6.07, 6.45) is 2.12. The number of thiophene rings is 1. The molecule has 0 aliphatic carbocycles. The normalized spacial score (nSPS) is 12.3. The Balaban J connectivity index is 1.77. The second-order valence-electron chi connectivity index (χ2n) is 5.00. The van der Waals surface area contributed by atoms with Gasteiger partial charge in [-0.2, -0.15) is 4.98 Å². The quantitative estimate of drug-likeness (QED) is 0.721. The van der Waals surface area contributed by atoms with Gasteiger partial charge >= 0.3 is 0 Å². The number of furan rings is 1. The molecule has 3 aromatic rings. The van der Waals surface area contributed by atoms with Crippen molar-refractivity contribution in [3.8, 4) is 11.5 Å². The summed E-state index contributed by atoms with van der Waals surface area (Å²) in [4.78, 5) is 16.5. The number of hydrogen-bond acceptors (Lipinski definition) is 7. The van der Waals surface area contributed by atoms with Gasteiger partial charge in [-0.3, -0.25) is 4.79 Å². The molecule has 1 atom stereocenters. The van der Waals surface area contributed by atoms with Crippen LogP contribution in [-0.2, 0) is 6.42 Å². The smallest absolute Gasteiger partial charge is 0.291 e. The Bertz CT molecular complexity index is 778. The Morgan fingerprint density at radius 1 is 1.43 bits per heavy atom. The first-order valence-electron chi connectivity index (χ1n) is 7.10. The monoisotopic (exact) mass is 332 g/mol. The molecule has 0 aliphatic rings. The highest BCUT2D eigenvalue weighted by Gasteiger charge is 2.18. The van der Waals surface area contributed by atoms with Gasteiger partial charge in [0, 0.05) is 12.5 Å². The van der Waals surface area contributed by atoms with E-state index in [-0.39, 0.29) is 17.7 Å². The molecule has 0 saturated heterocycles. The average molecular weight is 332 g/mol. The van der Waals surface area contributed by atoms with Crippen LogP contribution in [0.15, 0.2) is 38.8 Å². The van der Waals surface area contributed by atoms with Crippen molar-refractivity contribution < 1.29 is 13.7 Å². The molecule has 0 bridgehead atoms. The van der Waals surface area contributed by atoms with Crippen LogP contribution in [0.25, 0.3) is 11.5 Å². The molecule has 3 rings (SSSR count). The number of carbonyl (C=O) groups excluding carboxylic acids is 1. The Labute approximate surface area is 136 Å². The molecule has 0 fully saturated rings. The lowest BCUT2D eigenvalue weighted by molar-refractivity contribution is 0.0997. The number of amides is 1. The van der Waals surface area contributed by atoms with Gasteiger partial charge in [0.25, 0.3) is 11.8 Å². The minimum Gasteiger partial charge on any atom is -0.459 e. The largest absolute Gasteiger partial charge is 0.459 e. The lowest BCUT2D eigenvalue weighted by atomic mass is 10.2. The van der Waals surface area contributed by atoms with E-state index >= 15 is 0 Å². The maximum atomic E-state index is 12.1. The number of anilines is 1. The predicted molar refractivity (Wildman–Crippen MR) is 86.5 cm³/mol. The van der Waals surface area contributed by atoms with Crippen LogP contribution < -0.4 is 10.6 Å². The maximum Gasteiger partial charge on any atom is 0.291 e. The van der Waals surface area contributed by atoms with Crippen molar-refractivity contribution in [2.24, 2.45) is 0 Å². The first-order valence-corrected chi connectivity index (χ1v) is 7.98. The van der Waals surface area contributed by atoms with Crippen molar-refractivity contribution in [1.82, 2.24) is 15.5 Å². The van der Waals surface area contributed by atoms with Gasteiger partial charge in [-0.1, -0.05) is 5.16 Å². The van der Waals surface area contributed by atoms with E-state index in [9.17, 15) is 4.79 Å². The molecule has 2 N–H and O–H groups in total. The molecule has 1 amide bonds. The SMILES string of the molecule is CNC(C)Cc1noc(-c2ccsc2NC(=O)c2ccco2)n1. The summed E-state index contributed by atoms with van der Waals surface area (Å²) in [7, 11) is 1.88. The first kappa shape index (κ1) is 15.4. The van der Waals surface area contributed by atoms with Crippen LogP contribution in [-0.4, -0.2) is 29.1 Å². The van der Waals surface area contributed by atoms with E-state index in [1.54, 1.807) is 12.1 Å². The number of nitrogens with one attached hydrogen (secondary N) is 2. The van der Waals surface area contributed by atoms with Gasteiger partial charge in [0.2, 0.25) is 0 Å². The van der Waals surface area contributed by atoms with Gasteiger partial charge < -0.3 is 19.6 Å². The molecule has 1 unspecified atom stereocenters. The van der Waals surface area contributed by atoms with E-state index in [1.165, 1.54) is 17.6 Å². The van der Waals surface area contributed by atoms with Crippen molar-refractivity contribution >= 4 is 22.2 Å². The van der Waals surface area contributed by atoms with E-state index in [0.29, 0.717) is 28.7 Å². The van der Waals surface area contributed by atoms with Crippen LogP contribution in [0.1, 0.15) is 23.3 Å². The molecule has 23 heavy (non-hydrogen) atoms. The third-order valence-corrected chi connectivity index (χ3v) is 4.15. The Morgan fingerprint density at radius 3 is 3.04 bits per heavy atom. The van der Waals surface area contributed by atoms with Crippen LogP contribution in [0, 0.1) is 0 Å². The van der Waals surface area contributed by atoms with Crippen molar-refractivity contribution in [2.75, 3.05) is 12.4 Å². The summed E-state index contributed by atoms with van der Waals surface area (Å²) in [5, 5.41) is 12.4. The zero-order valence-corrected chi connectivity index (χ0v) is 13.5. The second-order valence-corrected chi connectivity index (χ2v) is 5.92. The Morgan fingerprint density at radius 2 is 2.30 bits per heavy atom. The predicted octanol–water partition coefficient (Wildman–Crippen LogP) is 2.79. The topological polar surface area (TPSA) is 93.2 Å². The maximum absolute atomic E-state index is 12.1. The lowest BCUT2D eigenvalue weighted by Gasteiger charge is -2.04. The van der Waals surface area contributed by atoms with Crippen LogP contribution in [0.4, 0.5) is 5.00 Å². The Kier molecular flexibility index (Phi) is 4.54. The zero-order chi connectivity index (χ0) is 16.2. The van der Waals surface area contributed by atoms with Crippen molar-refractivity contribution in [3.63, 3.8) is 0 Å². The van der Waals surface area contributed by atoms with Crippen LogP contribution in [0.2, 0.25) is 0 Å². The number of likely N-dealkylation sites (N-methyl/N-ethyl adjacent to an activating group) is 1. The molecule has 0 radical (unpaired) electrons. The summed E-state index contributed by atoms with van der Waals surface area (Å²) < 4.78 is 10.4. The molecule has 0 saturated carbocycles. The summed E-state index contributed by atoms with van der Waals surface area (Å²) >= 11 is 1.38. The minimum atomic E-state index is -0.317. The number of nitrogens with zero attached hydrogens (tertiary/aromatic N) is 2. The van der Waals surface area contributed by atoms with Gasteiger partial charge in [-0.05, 0) is 37.6 Å². The lowest BCUT2D eigenvalue weighted by Crippen LogP contribution is -2.24. The Hall–Kier alpha value is -2.45. The number of rotatable bonds is 6. The number of aromatic nitrogens is 2. The van der Waals surface area contributed by atoms with Gasteiger partial charge in [0.05, 0.1) is 11.8 Å². The molecule has 0 aromatic carbocycles. The van der Waals surface area contributed by atoms with Crippen molar-refractivity contribution in [2.45, 2.75) is 19.4 Å². The summed E-state index contributed by atoms with van der Waals surface area (Å²) in [6, 6.07) is 5.35. The second kappa shape index (κ2) is 6.76. The number of hydrogen-bond donors (Lipinski definition) is 2.